The van der Waals surface area contributed by atoms with Crippen molar-refractivity contribution < 1.29 is 14.7 Å². The molecule has 1 rings (SSSR count). The van der Waals surface area contributed by atoms with Gasteiger partial charge in [-0.2, -0.15) is 5.48 Å². The van der Waals surface area contributed by atoms with E-state index >= 15 is 0 Å². The summed E-state index contributed by atoms with van der Waals surface area (Å²) in [6.45, 7) is 3.56. The van der Waals surface area contributed by atoms with E-state index in [9.17, 15) is 4.79 Å². The number of esters is 1. The molecule has 0 saturated heterocycles. The summed E-state index contributed by atoms with van der Waals surface area (Å²) in [5, 5.41) is 8.74. The van der Waals surface area contributed by atoms with E-state index in [1.165, 1.54) is 0 Å². The summed E-state index contributed by atoms with van der Waals surface area (Å²) >= 11 is 0. The number of carbonyl (C=O) groups is 1. The molecule has 0 heterocycles. The first-order valence-corrected chi connectivity index (χ1v) is 4.68. The molecule has 0 radical (unpaired) electrons. The summed E-state index contributed by atoms with van der Waals surface area (Å²) in [7, 11) is 0. The lowest BCUT2D eigenvalue weighted by atomic mass is 10.1. The Kier molecular flexibility index (Phi) is 3.82. The largest absolute Gasteiger partial charge is 0.460 e. The van der Waals surface area contributed by atoms with E-state index in [0.29, 0.717) is 5.56 Å². The quantitative estimate of drug-likeness (QED) is 0.584. The number of ether oxygens (including phenoxy) is 1. The number of hydrogen-bond donors (Lipinski definition) is 2. The fourth-order valence-electron chi connectivity index (χ4n) is 0.936. The Labute approximate surface area is 88.8 Å². The molecule has 0 spiro atoms. The predicted octanol–water partition coefficient (Wildman–Crippen LogP) is 1.60. The third-order valence-corrected chi connectivity index (χ3v) is 1.88. The highest BCUT2D eigenvalue weighted by Gasteiger charge is 2.19. The average molecular weight is 209 g/mol. The Morgan fingerprint density at radius 3 is 2.53 bits per heavy atom. The van der Waals surface area contributed by atoms with Crippen molar-refractivity contribution in [3.8, 4) is 0 Å². The van der Waals surface area contributed by atoms with Crippen molar-refractivity contribution in [3.63, 3.8) is 0 Å². The molecule has 4 nitrogen and oxygen atoms in total. The monoisotopic (exact) mass is 209 g/mol. The zero-order valence-corrected chi connectivity index (χ0v) is 8.86. The van der Waals surface area contributed by atoms with Gasteiger partial charge in [0.2, 0.25) is 0 Å². The second kappa shape index (κ2) is 4.91. The van der Waals surface area contributed by atoms with Gasteiger partial charge in [0.1, 0.15) is 6.61 Å². The molecule has 0 saturated carbocycles. The number of hydrogen-bond acceptors (Lipinski definition) is 4. The highest BCUT2D eigenvalue weighted by Crippen LogP contribution is 2.05. The summed E-state index contributed by atoms with van der Waals surface area (Å²) in [6, 6.07) is 8.73. The van der Waals surface area contributed by atoms with E-state index in [1.54, 1.807) is 38.1 Å². The molecule has 0 aliphatic rings. The van der Waals surface area contributed by atoms with Crippen LogP contribution in [0.3, 0.4) is 0 Å². The van der Waals surface area contributed by atoms with E-state index in [0.717, 1.165) is 0 Å². The Morgan fingerprint density at radius 2 is 2.00 bits per heavy atom. The molecule has 0 aliphatic carbocycles. The van der Waals surface area contributed by atoms with Gasteiger partial charge in [-0.15, -0.1) is 0 Å². The highest BCUT2D eigenvalue weighted by atomic mass is 16.5. The van der Waals surface area contributed by atoms with Crippen LogP contribution in [0.1, 0.15) is 24.2 Å². The normalized spacial score (nSPS) is 11.1. The SMILES string of the molecule is CC(C)(COC(=O)c1ccccc1)NO. The third-order valence-electron chi connectivity index (χ3n) is 1.88. The second-order valence-corrected chi connectivity index (χ2v) is 3.94. The molecule has 4 heteroatoms. The summed E-state index contributed by atoms with van der Waals surface area (Å²) in [5.74, 6) is -0.390. The molecule has 0 amide bonds. The Bertz CT molecular complexity index is 322. The third kappa shape index (κ3) is 3.69. The van der Waals surface area contributed by atoms with Crippen LogP contribution in [0.25, 0.3) is 0 Å². The van der Waals surface area contributed by atoms with Crippen LogP contribution in [0, 0.1) is 0 Å². The fraction of sp³-hybridized carbons (Fsp3) is 0.364. The summed E-state index contributed by atoms with van der Waals surface area (Å²) < 4.78 is 5.02. The van der Waals surface area contributed by atoms with Crippen LogP contribution in [0.5, 0.6) is 0 Å². The van der Waals surface area contributed by atoms with E-state index in [1.807, 2.05) is 6.07 Å². The van der Waals surface area contributed by atoms with Crippen molar-refractivity contribution in [2.75, 3.05) is 6.61 Å². The van der Waals surface area contributed by atoms with Crippen LogP contribution in [0.2, 0.25) is 0 Å². The van der Waals surface area contributed by atoms with Gasteiger partial charge in [0, 0.05) is 0 Å². The number of hydroxylamine groups is 1. The minimum absolute atomic E-state index is 0.108. The molecule has 2 N–H and O–H groups in total. The maximum atomic E-state index is 11.5. The van der Waals surface area contributed by atoms with Crippen LogP contribution >= 0.6 is 0 Å². The highest BCUT2D eigenvalue weighted by molar-refractivity contribution is 5.89. The van der Waals surface area contributed by atoms with Gasteiger partial charge in [0.25, 0.3) is 0 Å². The molecule has 0 fully saturated rings. The van der Waals surface area contributed by atoms with Gasteiger partial charge in [-0.1, -0.05) is 18.2 Å². The van der Waals surface area contributed by atoms with Crippen LogP contribution in [0.4, 0.5) is 0 Å². The predicted molar refractivity (Wildman–Crippen MR) is 55.7 cm³/mol. The smallest absolute Gasteiger partial charge is 0.338 e. The molecule has 0 aliphatic heterocycles. The standard InChI is InChI=1S/C11H15NO3/c1-11(2,12-14)8-15-10(13)9-6-4-3-5-7-9/h3-7,12,14H,8H2,1-2H3. The van der Waals surface area contributed by atoms with Crippen LogP contribution < -0.4 is 5.48 Å². The lowest BCUT2D eigenvalue weighted by Crippen LogP contribution is -2.42. The van der Waals surface area contributed by atoms with Crippen molar-refractivity contribution in [2.45, 2.75) is 19.4 Å². The molecule has 0 aromatic heterocycles. The number of rotatable bonds is 4. The number of carbonyl (C=O) groups excluding carboxylic acids is 1. The topological polar surface area (TPSA) is 58.6 Å². The van der Waals surface area contributed by atoms with E-state index in [4.69, 9.17) is 9.94 Å². The molecule has 82 valence electrons. The van der Waals surface area contributed by atoms with Gasteiger partial charge < -0.3 is 9.94 Å². The molecule has 0 bridgehead atoms. The minimum atomic E-state index is -0.634. The van der Waals surface area contributed by atoms with Crippen molar-refractivity contribution in [3.05, 3.63) is 35.9 Å². The maximum Gasteiger partial charge on any atom is 0.338 e. The molecule has 0 atom stereocenters. The molecule has 1 aromatic rings. The van der Waals surface area contributed by atoms with Crippen molar-refractivity contribution in [1.82, 2.24) is 5.48 Å². The van der Waals surface area contributed by atoms with Crippen molar-refractivity contribution in [2.24, 2.45) is 0 Å². The van der Waals surface area contributed by atoms with Crippen molar-refractivity contribution >= 4 is 5.97 Å². The van der Waals surface area contributed by atoms with Gasteiger partial charge in [-0.3, -0.25) is 0 Å². The van der Waals surface area contributed by atoms with Crippen LogP contribution in [-0.2, 0) is 4.74 Å². The zero-order valence-electron chi connectivity index (χ0n) is 8.86. The molecule has 1 aromatic carbocycles. The minimum Gasteiger partial charge on any atom is -0.460 e. The Balaban J connectivity index is 2.51. The van der Waals surface area contributed by atoms with Gasteiger partial charge >= 0.3 is 5.97 Å². The second-order valence-electron chi connectivity index (χ2n) is 3.94. The Hall–Kier alpha value is -1.39. The maximum absolute atomic E-state index is 11.5. The zero-order chi connectivity index (χ0) is 11.3. The molecular formula is C11H15NO3. The lowest BCUT2D eigenvalue weighted by Gasteiger charge is -2.21. The summed E-state index contributed by atoms with van der Waals surface area (Å²) in [5.41, 5.74) is 1.94. The fourth-order valence-corrected chi connectivity index (χ4v) is 0.936. The van der Waals surface area contributed by atoms with E-state index < -0.39 is 5.54 Å². The van der Waals surface area contributed by atoms with Crippen LogP contribution in [-0.4, -0.2) is 23.3 Å². The first-order valence-electron chi connectivity index (χ1n) is 4.68. The van der Waals surface area contributed by atoms with Gasteiger partial charge in [-0.05, 0) is 26.0 Å². The number of nitrogens with one attached hydrogen (secondary N) is 1. The first kappa shape index (κ1) is 11.7. The molecule has 0 unspecified atom stereocenters. The summed E-state index contributed by atoms with van der Waals surface area (Å²) in [6.07, 6.45) is 0. The Morgan fingerprint density at radius 1 is 1.40 bits per heavy atom. The van der Waals surface area contributed by atoms with Gasteiger partial charge in [0.05, 0.1) is 11.1 Å². The molecular weight excluding hydrogens is 194 g/mol. The lowest BCUT2D eigenvalue weighted by molar-refractivity contribution is 0.0112. The van der Waals surface area contributed by atoms with Crippen molar-refractivity contribution in [1.29, 1.82) is 0 Å². The van der Waals surface area contributed by atoms with Gasteiger partial charge in [0.15, 0.2) is 0 Å². The molecule has 15 heavy (non-hydrogen) atoms. The summed E-state index contributed by atoms with van der Waals surface area (Å²) in [4.78, 5) is 11.5. The first-order chi connectivity index (χ1) is 7.05. The number of benzene rings is 1. The van der Waals surface area contributed by atoms with Gasteiger partial charge in [-0.25, -0.2) is 4.79 Å². The van der Waals surface area contributed by atoms with Crippen LogP contribution in [0.15, 0.2) is 30.3 Å². The van der Waals surface area contributed by atoms with E-state index in [2.05, 4.69) is 5.48 Å². The van der Waals surface area contributed by atoms with E-state index in [-0.39, 0.29) is 12.6 Å². The average Bonchev–Trinajstić information content (AvgIpc) is 2.27.